The van der Waals surface area contributed by atoms with Crippen LogP contribution in [0.3, 0.4) is 0 Å². The maximum atomic E-state index is 6.64. The molecule has 0 unspecified atom stereocenters. The van der Waals surface area contributed by atoms with Crippen molar-refractivity contribution in [1.82, 2.24) is 24.9 Å². The second kappa shape index (κ2) is 13.8. The molecule has 258 valence electrons. The van der Waals surface area contributed by atoms with Crippen LogP contribution in [0.25, 0.3) is 101 Å². The van der Waals surface area contributed by atoms with E-state index in [4.69, 9.17) is 29.3 Å². The Morgan fingerprint density at radius 3 is 1.44 bits per heavy atom. The second-order valence-corrected chi connectivity index (χ2v) is 13.3. The van der Waals surface area contributed by atoms with Gasteiger partial charge in [-0.05, 0) is 47.5 Å². The SMILES string of the molecule is c1ccc(-c2cccc(-c3nc(-c4ccccc4)nc(-c4cccc5c4oc4ccc(-c6nc(-c7ccccc7)cc(-c7ccccc7)n6)cc45)n3)c2)cc1. The van der Waals surface area contributed by atoms with E-state index in [-0.39, 0.29) is 0 Å². The molecule has 0 saturated heterocycles. The third-order valence-corrected chi connectivity index (χ3v) is 9.76. The number of furan rings is 1. The molecule has 3 aromatic heterocycles. The van der Waals surface area contributed by atoms with E-state index in [9.17, 15) is 0 Å². The normalized spacial score (nSPS) is 11.3. The minimum absolute atomic E-state index is 0.533. The molecule has 0 fully saturated rings. The number of rotatable bonds is 7. The van der Waals surface area contributed by atoms with Gasteiger partial charge in [-0.25, -0.2) is 24.9 Å². The number of nitrogens with zero attached hydrogens (tertiary/aromatic N) is 5. The summed E-state index contributed by atoms with van der Waals surface area (Å²) in [5.41, 5.74) is 10.9. The van der Waals surface area contributed by atoms with Crippen molar-refractivity contribution < 1.29 is 4.42 Å². The van der Waals surface area contributed by atoms with Crippen LogP contribution >= 0.6 is 0 Å². The topological polar surface area (TPSA) is 77.6 Å². The fraction of sp³-hybridized carbons (Fsp3) is 0. The van der Waals surface area contributed by atoms with Crippen LogP contribution in [0.2, 0.25) is 0 Å². The van der Waals surface area contributed by atoms with Gasteiger partial charge in [0.2, 0.25) is 0 Å². The predicted octanol–water partition coefficient (Wildman–Crippen LogP) is 12.2. The molecule has 0 bridgehead atoms. The Kier molecular flexibility index (Phi) is 8.04. The van der Waals surface area contributed by atoms with E-state index in [1.807, 2.05) is 121 Å². The summed E-state index contributed by atoms with van der Waals surface area (Å²) >= 11 is 0. The van der Waals surface area contributed by atoms with Gasteiger partial charge in [0.05, 0.1) is 17.0 Å². The zero-order chi connectivity index (χ0) is 36.6. The van der Waals surface area contributed by atoms with Gasteiger partial charge in [-0.3, -0.25) is 0 Å². The van der Waals surface area contributed by atoms with Crippen molar-refractivity contribution in [2.24, 2.45) is 0 Å². The van der Waals surface area contributed by atoms with Gasteiger partial charge in [0.1, 0.15) is 11.2 Å². The molecule has 0 amide bonds. The summed E-state index contributed by atoms with van der Waals surface area (Å²) in [4.78, 5) is 25.3. The molecular weight excluding hydrogens is 675 g/mol. The van der Waals surface area contributed by atoms with E-state index in [2.05, 4.69) is 66.7 Å². The van der Waals surface area contributed by atoms with E-state index in [0.29, 0.717) is 28.9 Å². The third-order valence-electron chi connectivity index (χ3n) is 9.76. The predicted molar refractivity (Wildman–Crippen MR) is 221 cm³/mol. The van der Waals surface area contributed by atoms with Gasteiger partial charge in [0.25, 0.3) is 0 Å². The van der Waals surface area contributed by atoms with Crippen molar-refractivity contribution in [3.63, 3.8) is 0 Å². The lowest BCUT2D eigenvalue weighted by Gasteiger charge is -2.10. The first-order valence-electron chi connectivity index (χ1n) is 18.2. The van der Waals surface area contributed by atoms with E-state index in [1.54, 1.807) is 0 Å². The summed E-state index contributed by atoms with van der Waals surface area (Å²) in [6.07, 6.45) is 0. The Bertz CT molecular complexity index is 2910. The summed E-state index contributed by atoms with van der Waals surface area (Å²) < 4.78 is 6.64. The lowest BCUT2D eigenvalue weighted by molar-refractivity contribution is 0.669. The fourth-order valence-corrected chi connectivity index (χ4v) is 7.01. The van der Waals surface area contributed by atoms with Crippen molar-refractivity contribution >= 4 is 21.9 Å². The van der Waals surface area contributed by atoms with Crippen LogP contribution in [0.4, 0.5) is 0 Å². The molecule has 0 N–H and O–H groups in total. The summed E-state index contributed by atoms with van der Waals surface area (Å²) in [5, 5.41) is 1.91. The van der Waals surface area contributed by atoms with Crippen LogP contribution in [-0.4, -0.2) is 24.9 Å². The van der Waals surface area contributed by atoms with Gasteiger partial charge < -0.3 is 4.42 Å². The highest BCUT2D eigenvalue weighted by Crippen LogP contribution is 2.38. The van der Waals surface area contributed by atoms with Crippen LogP contribution in [0, 0.1) is 0 Å². The quantitative estimate of drug-likeness (QED) is 0.164. The first-order valence-corrected chi connectivity index (χ1v) is 18.2. The highest BCUT2D eigenvalue weighted by atomic mass is 16.3. The maximum Gasteiger partial charge on any atom is 0.167 e. The van der Waals surface area contributed by atoms with Gasteiger partial charge >= 0.3 is 0 Å². The molecule has 10 rings (SSSR count). The molecule has 0 spiro atoms. The summed E-state index contributed by atoms with van der Waals surface area (Å²) in [6, 6.07) is 63.4. The Balaban J connectivity index is 1.12. The number of hydrogen-bond donors (Lipinski definition) is 0. The molecule has 0 aliphatic heterocycles. The zero-order valence-corrected chi connectivity index (χ0v) is 29.5. The van der Waals surface area contributed by atoms with E-state index >= 15 is 0 Å². The Hall–Kier alpha value is -7.57. The van der Waals surface area contributed by atoms with Crippen molar-refractivity contribution in [2.75, 3.05) is 0 Å². The van der Waals surface area contributed by atoms with E-state index in [1.165, 1.54) is 0 Å². The lowest BCUT2D eigenvalue weighted by atomic mass is 10.0. The van der Waals surface area contributed by atoms with Crippen LogP contribution in [0.5, 0.6) is 0 Å². The number of benzene rings is 7. The molecule has 0 radical (unpaired) electrons. The van der Waals surface area contributed by atoms with Crippen molar-refractivity contribution in [3.05, 3.63) is 188 Å². The number of aromatic nitrogens is 5. The Morgan fingerprint density at radius 1 is 0.291 bits per heavy atom. The minimum atomic E-state index is 0.533. The molecule has 6 heteroatoms. The largest absolute Gasteiger partial charge is 0.455 e. The highest BCUT2D eigenvalue weighted by molar-refractivity contribution is 6.10. The van der Waals surface area contributed by atoms with E-state index in [0.717, 1.165) is 72.3 Å². The fourth-order valence-electron chi connectivity index (χ4n) is 7.01. The molecule has 3 heterocycles. The molecule has 7 aromatic carbocycles. The van der Waals surface area contributed by atoms with Crippen LogP contribution in [0.15, 0.2) is 192 Å². The first kappa shape index (κ1) is 32.1. The van der Waals surface area contributed by atoms with Crippen LogP contribution in [0.1, 0.15) is 0 Å². The van der Waals surface area contributed by atoms with Crippen LogP contribution in [-0.2, 0) is 0 Å². The van der Waals surface area contributed by atoms with Gasteiger partial charge in [-0.2, -0.15) is 0 Å². The standard InChI is InChI=1S/C49H31N5O/c1-5-15-32(16-6-1)36-23-13-24-37(29-36)48-52-46(35-21-11-4-12-22-35)53-49(54-48)40-26-14-25-39-41-30-38(27-28-44(41)55-45(39)40)47-50-42(33-17-7-2-8-18-33)31-43(51-47)34-19-9-3-10-20-34/h1-31H. The molecular formula is C49H31N5O. The first-order chi connectivity index (χ1) is 27.2. The summed E-state index contributed by atoms with van der Waals surface area (Å²) in [7, 11) is 0. The average molecular weight is 706 g/mol. The zero-order valence-electron chi connectivity index (χ0n) is 29.5. The van der Waals surface area contributed by atoms with Crippen LogP contribution < -0.4 is 0 Å². The molecule has 55 heavy (non-hydrogen) atoms. The molecule has 0 saturated carbocycles. The van der Waals surface area contributed by atoms with Gasteiger partial charge in [0, 0.05) is 38.6 Å². The van der Waals surface area contributed by atoms with Gasteiger partial charge in [-0.15, -0.1) is 0 Å². The smallest absolute Gasteiger partial charge is 0.167 e. The average Bonchev–Trinajstić information content (AvgIpc) is 3.66. The molecule has 0 atom stereocenters. The van der Waals surface area contributed by atoms with Crippen molar-refractivity contribution in [2.45, 2.75) is 0 Å². The minimum Gasteiger partial charge on any atom is -0.455 e. The highest BCUT2D eigenvalue weighted by Gasteiger charge is 2.19. The molecule has 10 aromatic rings. The van der Waals surface area contributed by atoms with Gasteiger partial charge in [-0.1, -0.05) is 152 Å². The van der Waals surface area contributed by atoms with Crippen molar-refractivity contribution in [3.8, 4) is 79.2 Å². The maximum absolute atomic E-state index is 6.64. The Labute approximate surface area is 317 Å². The van der Waals surface area contributed by atoms with Crippen molar-refractivity contribution in [1.29, 1.82) is 0 Å². The lowest BCUT2D eigenvalue weighted by Crippen LogP contribution is -2.00. The monoisotopic (exact) mass is 705 g/mol. The molecule has 6 nitrogen and oxygen atoms in total. The number of fused-ring (bicyclic) bond motifs is 3. The second-order valence-electron chi connectivity index (χ2n) is 13.3. The summed E-state index contributed by atoms with van der Waals surface area (Å²) in [5.74, 6) is 2.35. The number of hydrogen-bond acceptors (Lipinski definition) is 6. The molecule has 0 aliphatic carbocycles. The Morgan fingerprint density at radius 2 is 0.782 bits per heavy atom. The summed E-state index contributed by atoms with van der Waals surface area (Å²) in [6.45, 7) is 0. The van der Waals surface area contributed by atoms with E-state index < -0.39 is 0 Å². The van der Waals surface area contributed by atoms with Gasteiger partial charge in [0.15, 0.2) is 23.3 Å². The number of para-hydroxylation sites is 1. The third kappa shape index (κ3) is 6.22. The molecule has 0 aliphatic rings.